The van der Waals surface area contributed by atoms with E-state index in [1.54, 1.807) is 12.1 Å². The second-order valence-corrected chi connectivity index (χ2v) is 6.24. The molecule has 0 heterocycles. The standard InChI is InChI=1S/C10H14O3S/c1-8-5-4-6-9(7-8)14(12,13)10(2,3)11/h4-7,11H,1-3H3. The van der Waals surface area contributed by atoms with Gasteiger partial charge in [0.05, 0.1) is 4.90 Å². The number of benzene rings is 1. The van der Waals surface area contributed by atoms with Crippen LogP contribution in [-0.2, 0) is 9.84 Å². The van der Waals surface area contributed by atoms with E-state index in [0.29, 0.717) is 0 Å². The molecular weight excluding hydrogens is 200 g/mol. The summed E-state index contributed by atoms with van der Waals surface area (Å²) in [7, 11) is -3.64. The highest BCUT2D eigenvalue weighted by molar-refractivity contribution is 7.92. The molecule has 0 aliphatic heterocycles. The van der Waals surface area contributed by atoms with Crippen LogP contribution in [0, 0.1) is 6.92 Å². The first-order valence-corrected chi connectivity index (χ1v) is 5.77. The lowest BCUT2D eigenvalue weighted by Gasteiger charge is -2.18. The molecule has 0 unspecified atom stereocenters. The van der Waals surface area contributed by atoms with E-state index in [2.05, 4.69) is 0 Å². The molecule has 1 rings (SSSR count). The Bertz CT molecular complexity index is 427. The Kier molecular flexibility index (Phi) is 2.69. The zero-order valence-corrected chi connectivity index (χ0v) is 9.30. The van der Waals surface area contributed by atoms with Crippen molar-refractivity contribution >= 4 is 9.84 Å². The summed E-state index contributed by atoms with van der Waals surface area (Å²) in [4.78, 5) is -1.58. The molecule has 0 radical (unpaired) electrons. The highest BCUT2D eigenvalue weighted by Crippen LogP contribution is 2.23. The van der Waals surface area contributed by atoms with Crippen LogP contribution in [0.1, 0.15) is 19.4 Å². The molecule has 14 heavy (non-hydrogen) atoms. The molecule has 0 bridgehead atoms. The zero-order chi connectivity index (χ0) is 11.0. The molecule has 0 aliphatic rings. The quantitative estimate of drug-likeness (QED) is 0.811. The maximum absolute atomic E-state index is 11.8. The second-order valence-electron chi connectivity index (χ2n) is 3.77. The first-order valence-electron chi connectivity index (χ1n) is 4.29. The Morgan fingerprint density at radius 2 is 1.86 bits per heavy atom. The van der Waals surface area contributed by atoms with E-state index in [1.807, 2.05) is 13.0 Å². The molecule has 0 aromatic heterocycles. The number of hydrogen-bond acceptors (Lipinski definition) is 3. The molecule has 78 valence electrons. The predicted octanol–water partition coefficient (Wildman–Crippen LogP) is 1.50. The lowest BCUT2D eigenvalue weighted by molar-refractivity contribution is 0.165. The van der Waals surface area contributed by atoms with E-state index in [4.69, 9.17) is 0 Å². The highest BCUT2D eigenvalue weighted by Gasteiger charge is 2.32. The summed E-state index contributed by atoms with van der Waals surface area (Å²) in [6, 6.07) is 6.50. The average molecular weight is 214 g/mol. The number of aliphatic hydroxyl groups is 1. The van der Waals surface area contributed by atoms with Gasteiger partial charge >= 0.3 is 0 Å². The van der Waals surface area contributed by atoms with Gasteiger partial charge in [-0.1, -0.05) is 12.1 Å². The summed E-state index contributed by atoms with van der Waals surface area (Å²) >= 11 is 0. The van der Waals surface area contributed by atoms with Crippen molar-refractivity contribution in [3.63, 3.8) is 0 Å². The summed E-state index contributed by atoms with van der Waals surface area (Å²) in [5, 5.41) is 9.50. The second kappa shape index (κ2) is 3.37. The Morgan fingerprint density at radius 1 is 1.29 bits per heavy atom. The van der Waals surface area contributed by atoms with Crippen molar-refractivity contribution in [2.75, 3.05) is 0 Å². The largest absolute Gasteiger partial charge is 0.374 e. The van der Waals surface area contributed by atoms with E-state index in [0.717, 1.165) is 5.56 Å². The first kappa shape index (κ1) is 11.2. The number of aryl methyl sites for hydroxylation is 1. The molecule has 0 spiro atoms. The van der Waals surface area contributed by atoms with Gasteiger partial charge in [0.2, 0.25) is 9.84 Å². The molecule has 1 aromatic rings. The fourth-order valence-corrected chi connectivity index (χ4v) is 2.25. The molecule has 0 atom stereocenters. The van der Waals surface area contributed by atoms with E-state index in [-0.39, 0.29) is 4.90 Å². The fraction of sp³-hybridized carbons (Fsp3) is 0.400. The molecule has 0 saturated heterocycles. The lowest BCUT2D eigenvalue weighted by atomic mass is 10.2. The highest BCUT2D eigenvalue weighted by atomic mass is 32.2. The van der Waals surface area contributed by atoms with Crippen LogP contribution < -0.4 is 0 Å². The summed E-state index contributed by atoms with van der Waals surface area (Å²) in [6.45, 7) is 4.35. The maximum atomic E-state index is 11.8. The normalized spacial score (nSPS) is 12.9. The fourth-order valence-electron chi connectivity index (χ4n) is 1.07. The Hall–Kier alpha value is -0.870. The van der Waals surface area contributed by atoms with Gasteiger partial charge in [-0.2, -0.15) is 0 Å². The third kappa shape index (κ3) is 1.96. The van der Waals surface area contributed by atoms with Gasteiger partial charge in [-0.25, -0.2) is 8.42 Å². The molecule has 0 fully saturated rings. The van der Waals surface area contributed by atoms with Gasteiger partial charge in [-0.3, -0.25) is 0 Å². The molecule has 1 aromatic carbocycles. The zero-order valence-electron chi connectivity index (χ0n) is 8.48. The molecule has 0 aliphatic carbocycles. The Morgan fingerprint density at radius 3 is 2.29 bits per heavy atom. The molecule has 3 nitrogen and oxygen atoms in total. The first-order chi connectivity index (χ1) is 6.25. The van der Waals surface area contributed by atoms with Crippen LogP contribution in [-0.4, -0.2) is 18.5 Å². The number of sulfone groups is 1. The van der Waals surface area contributed by atoms with Crippen LogP contribution in [0.3, 0.4) is 0 Å². The monoisotopic (exact) mass is 214 g/mol. The van der Waals surface area contributed by atoms with Crippen molar-refractivity contribution in [2.24, 2.45) is 0 Å². The van der Waals surface area contributed by atoms with Gasteiger partial charge < -0.3 is 5.11 Å². The lowest BCUT2D eigenvalue weighted by Crippen LogP contribution is -2.31. The van der Waals surface area contributed by atoms with E-state index >= 15 is 0 Å². The average Bonchev–Trinajstić information content (AvgIpc) is 2.02. The van der Waals surface area contributed by atoms with Crippen LogP contribution in [0.25, 0.3) is 0 Å². The van der Waals surface area contributed by atoms with Crippen molar-refractivity contribution in [1.82, 2.24) is 0 Å². The molecular formula is C10H14O3S. The minimum Gasteiger partial charge on any atom is -0.374 e. The van der Waals surface area contributed by atoms with Crippen molar-refractivity contribution in [2.45, 2.75) is 30.6 Å². The summed E-state index contributed by atoms with van der Waals surface area (Å²) in [5.41, 5.74) is 0.857. The van der Waals surface area contributed by atoms with Crippen LogP contribution >= 0.6 is 0 Å². The Balaban J connectivity index is 3.32. The van der Waals surface area contributed by atoms with Crippen molar-refractivity contribution < 1.29 is 13.5 Å². The summed E-state index contributed by atoms with van der Waals surface area (Å²) in [6.07, 6.45) is 0. The third-order valence-corrected chi connectivity index (χ3v) is 4.15. The van der Waals surface area contributed by atoms with Gasteiger partial charge in [0.15, 0.2) is 4.93 Å². The number of rotatable bonds is 2. The van der Waals surface area contributed by atoms with Gasteiger partial charge in [0.25, 0.3) is 0 Å². The Labute approximate surface area is 84.3 Å². The molecule has 1 N–H and O–H groups in total. The third-order valence-electron chi connectivity index (χ3n) is 1.96. The molecule has 0 amide bonds. The SMILES string of the molecule is Cc1cccc(S(=O)(=O)C(C)(C)O)c1. The minimum atomic E-state index is -3.64. The number of hydrogen-bond donors (Lipinski definition) is 1. The molecule has 4 heteroatoms. The van der Waals surface area contributed by atoms with Crippen LogP contribution in [0.15, 0.2) is 29.2 Å². The van der Waals surface area contributed by atoms with Gasteiger partial charge in [0.1, 0.15) is 0 Å². The van der Waals surface area contributed by atoms with Gasteiger partial charge in [-0.15, -0.1) is 0 Å². The molecule has 0 saturated carbocycles. The van der Waals surface area contributed by atoms with Gasteiger partial charge in [0, 0.05) is 0 Å². The predicted molar refractivity (Wildman–Crippen MR) is 54.7 cm³/mol. The van der Waals surface area contributed by atoms with E-state index < -0.39 is 14.8 Å². The minimum absolute atomic E-state index is 0.157. The van der Waals surface area contributed by atoms with Crippen LogP contribution in [0.4, 0.5) is 0 Å². The van der Waals surface area contributed by atoms with E-state index in [9.17, 15) is 13.5 Å². The summed E-state index contributed by atoms with van der Waals surface area (Å²) < 4.78 is 23.5. The van der Waals surface area contributed by atoms with Crippen molar-refractivity contribution in [3.8, 4) is 0 Å². The van der Waals surface area contributed by atoms with Crippen molar-refractivity contribution in [1.29, 1.82) is 0 Å². The summed E-state index contributed by atoms with van der Waals surface area (Å²) in [5.74, 6) is 0. The van der Waals surface area contributed by atoms with E-state index in [1.165, 1.54) is 19.9 Å². The van der Waals surface area contributed by atoms with Gasteiger partial charge in [-0.05, 0) is 38.5 Å². The van der Waals surface area contributed by atoms with Crippen LogP contribution in [0.2, 0.25) is 0 Å². The van der Waals surface area contributed by atoms with Crippen LogP contribution in [0.5, 0.6) is 0 Å². The smallest absolute Gasteiger partial charge is 0.207 e. The van der Waals surface area contributed by atoms with Crippen molar-refractivity contribution in [3.05, 3.63) is 29.8 Å². The maximum Gasteiger partial charge on any atom is 0.207 e. The topological polar surface area (TPSA) is 54.4 Å².